The maximum Gasteiger partial charge on any atom is 0.313 e. The lowest BCUT2D eigenvalue weighted by molar-refractivity contribution is -0.384. The zero-order chi connectivity index (χ0) is 15.1. The minimum Gasteiger partial charge on any atom is -0.458 e. The Balaban J connectivity index is 2.56. The van der Waals surface area contributed by atoms with Crippen LogP contribution in [-0.2, 0) is 14.3 Å². The van der Waals surface area contributed by atoms with Crippen molar-refractivity contribution in [3.05, 3.63) is 46.0 Å². The predicted octanol–water partition coefficient (Wildman–Crippen LogP) is 2.52. The van der Waals surface area contributed by atoms with E-state index in [1.807, 2.05) is 0 Å². The van der Waals surface area contributed by atoms with Crippen LogP contribution in [0, 0.1) is 10.1 Å². The molecule has 1 atom stereocenters. The summed E-state index contributed by atoms with van der Waals surface area (Å²) in [4.78, 5) is 32.0. The standard InChI is InChI=1S/C14H15NO5/c1-10(16)9-14(17)20-11(2)3-4-12-5-7-13(8-6-12)15(18)19/h3-8,11H,9H2,1-2H3/b4-3+. The number of hydrogen-bond acceptors (Lipinski definition) is 5. The third-order valence-corrected chi connectivity index (χ3v) is 2.37. The molecule has 1 unspecified atom stereocenters. The molecule has 0 aliphatic carbocycles. The third-order valence-electron chi connectivity index (χ3n) is 2.37. The number of carbonyl (C=O) groups is 2. The minimum atomic E-state index is -0.571. The van der Waals surface area contributed by atoms with Crippen LogP contribution in [0.15, 0.2) is 30.3 Å². The summed E-state index contributed by atoms with van der Waals surface area (Å²) in [5, 5.41) is 10.5. The summed E-state index contributed by atoms with van der Waals surface area (Å²) in [5.41, 5.74) is 0.771. The summed E-state index contributed by atoms with van der Waals surface area (Å²) in [5.74, 6) is -0.820. The summed E-state index contributed by atoms with van der Waals surface area (Å²) < 4.78 is 4.99. The SMILES string of the molecule is CC(=O)CC(=O)OC(C)/C=C/c1ccc([N+](=O)[O-])cc1. The average Bonchev–Trinajstić information content (AvgIpc) is 2.35. The van der Waals surface area contributed by atoms with Crippen molar-refractivity contribution < 1.29 is 19.2 Å². The molecule has 0 saturated carbocycles. The molecule has 0 N–H and O–H groups in total. The molecule has 0 spiro atoms. The second-order valence-electron chi connectivity index (χ2n) is 4.28. The van der Waals surface area contributed by atoms with Gasteiger partial charge in [0.05, 0.1) is 4.92 Å². The summed E-state index contributed by atoms with van der Waals surface area (Å²) in [6.45, 7) is 2.98. The molecule has 0 amide bonds. The van der Waals surface area contributed by atoms with E-state index in [0.29, 0.717) is 0 Å². The van der Waals surface area contributed by atoms with E-state index in [4.69, 9.17) is 4.74 Å². The van der Waals surface area contributed by atoms with Gasteiger partial charge in [0, 0.05) is 12.1 Å². The Kier molecular flexibility index (Phi) is 5.58. The number of esters is 1. The summed E-state index contributed by atoms with van der Waals surface area (Å²) in [6, 6.07) is 5.98. The molecule has 20 heavy (non-hydrogen) atoms. The second kappa shape index (κ2) is 7.18. The van der Waals surface area contributed by atoms with Gasteiger partial charge in [-0.2, -0.15) is 0 Å². The zero-order valence-electron chi connectivity index (χ0n) is 11.2. The molecular formula is C14H15NO5. The number of nitro benzene ring substituents is 1. The number of rotatable bonds is 6. The third kappa shape index (κ3) is 5.43. The molecule has 6 nitrogen and oxygen atoms in total. The van der Waals surface area contributed by atoms with Crippen molar-refractivity contribution in [3.63, 3.8) is 0 Å². The molecule has 0 aliphatic rings. The maximum absolute atomic E-state index is 11.2. The van der Waals surface area contributed by atoms with E-state index in [9.17, 15) is 19.7 Å². The van der Waals surface area contributed by atoms with Gasteiger partial charge in [0.15, 0.2) is 0 Å². The first-order valence-corrected chi connectivity index (χ1v) is 6.00. The topological polar surface area (TPSA) is 86.5 Å². The van der Waals surface area contributed by atoms with E-state index in [-0.39, 0.29) is 17.9 Å². The summed E-state index contributed by atoms with van der Waals surface area (Å²) in [6.07, 6.45) is 2.61. The highest BCUT2D eigenvalue weighted by molar-refractivity contribution is 5.94. The Morgan fingerprint density at radius 3 is 2.45 bits per heavy atom. The predicted molar refractivity (Wildman–Crippen MR) is 73.0 cm³/mol. The second-order valence-corrected chi connectivity index (χ2v) is 4.28. The van der Waals surface area contributed by atoms with Gasteiger partial charge < -0.3 is 4.74 Å². The Labute approximate surface area is 116 Å². The highest BCUT2D eigenvalue weighted by atomic mass is 16.6. The molecule has 6 heteroatoms. The van der Waals surface area contributed by atoms with Gasteiger partial charge in [-0.3, -0.25) is 19.7 Å². The van der Waals surface area contributed by atoms with Crippen molar-refractivity contribution in [1.82, 2.24) is 0 Å². The number of non-ortho nitro benzene ring substituents is 1. The first kappa shape index (κ1) is 15.6. The van der Waals surface area contributed by atoms with Crippen molar-refractivity contribution >= 4 is 23.5 Å². The number of Topliss-reactive ketones (excluding diaryl/α,β-unsaturated/α-hetero) is 1. The van der Waals surface area contributed by atoms with E-state index in [0.717, 1.165) is 5.56 Å². The van der Waals surface area contributed by atoms with E-state index in [2.05, 4.69) is 0 Å². The Morgan fingerprint density at radius 1 is 1.35 bits per heavy atom. The molecule has 0 heterocycles. The first-order valence-electron chi connectivity index (χ1n) is 6.00. The smallest absolute Gasteiger partial charge is 0.313 e. The van der Waals surface area contributed by atoms with E-state index in [1.165, 1.54) is 19.1 Å². The number of carbonyl (C=O) groups excluding carboxylic acids is 2. The molecule has 106 valence electrons. The van der Waals surface area contributed by atoms with Crippen LogP contribution in [-0.4, -0.2) is 22.8 Å². The van der Waals surface area contributed by atoms with Gasteiger partial charge in [-0.15, -0.1) is 0 Å². The number of nitrogens with zero attached hydrogens (tertiary/aromatic N) is 1. The van der Waals surface area contributed by atoms with Crippen molar-refractivity contribution in [3.8, 4) is 0 Å². The van der Waals surface area contributed by atoms with Crippen molar-refractivity contribution in [2.75, 3.05) is 0 Å². The van der Waals surface area contributed by atoms with Crippen LogP contribution in [0.3, 0.4) is 0 Å². The quantitative estimate of drug-likeness (QED) is 0.345. The fraction of sp³-hybridized carbons (Fsp3) is 0.286. The van der Waals surface area contributed by atoms with Gasteiger partial charge in [0.2, 0.25) is 0 Å². The van der Waals surface area contributed by atoms with Crippen LogP contribution in [0.4, 0.5) is 5.69 Å². The minimum absolute atomic E-state index is 0.0167. The normalized spacial score (nSPS) is 12.1. The van der Waals surface area contributed by atoms with Crippen LogP contribution in [0.5, 0.6) is 0 Å². The van der Waals surface area contributed by atoms with Gasteiger partial charge in [-0.25, -0.2) is 0 Å². The fourth-order valence-electron chi connectivity index (χ4n) is 1.45. The summed E-state index contributed by atoms with van der Waals surface area (Å²) >= 11 is 0. The molecule has 0 aromatic heterocycles. The molecule has 1 aromatic carbocycles. The molecule has 0 fully saturated rings. The monoisotopic (exact) mass is 277 g/mol. The Hall–Kier alpha value is -2.50. The van der Waals surface area contributed by atoms with Crippen molar-refractivity contribution in [1.29, 1.82) is 0 Å². The van der Waals surface area contributed by atoms with Gasteiger partial charge >= 0.3 is 5.97 Å². The summed E-state index contributed by atoms with van der Waals surface area (Å²) in [7, 11) is 0. The van der Waals surface area contributed by atoms with E-state index >= 15 is 0 Å². The molecule has 1 rings (SSSR count). The lowest BCUT2D eigenvalue weighted by atomic mass is 10.2. The lowest BCUT2D eigenvalue weighted by Gasteiger charge is -2.07. The van der Waals surface area contributed by atoms with Crippen LogP contribution in [0.25, 0.3) is 6.08 Å². The molecule has 0 bridgehead atoms. The van der Waals surface area contributed by atoms with Gasteiger partial charge in [0.1, 0.15) is 18.3 Å². The highest BCUT2D eigenvalue weighted by Gasteiger charge is 2.09. The van der Waals surface area contributed by atoms with E-state index in [1.54, 1.807) is 31.2 Å². The first-order chi connectivity index (χ1) is 9.38. The molecular weight excluding hydrogens is 262 g/mol. The van der Waals surface area contributed by atoms with Crippen molar-refractivity contribution in [2.45, 2.75) is 26.4 Å². The van der Waals surface area contributed by atoms with Gasteiger partial charge in [0.25, 0.3) is 5.69 Å². The van der Waals surface area contributed by atoms with E-state index < -0.39 is 17.0 Å². The number of benzene rings is 1. The molecule has 1 aromatic rings. The zero-order valence-corrected chi connectivity index (χ0v) is 11.2. The van der Waals surface area contributed by atoms with Gasteiger partial charge in [-0.05, 0) is 37.6 Å². The number of ether oxygens (including phenoxy) is 1. The van der Waals surface area contributed by atoms with Gasteiger partial charge in [-0.1, -0.05) is 6.08 Å². The fourth-order valence-corrected chi connectivity index (χ4v) is 1.45. The van der Waals surface area contributed by atoms with Crippen LogP contribution in [0.1, 0.15) is 25.8 Å². The Bertz CT molecular complexity index is 533. The van der Waals surface area contributed by atoms with Crippen LogP contribution < -0.4 is 0 Å². The number of ketones is 1. The maximum atomic E-state index is 11.2. The molecule has 0 aliphatic heterocycles. The van der Waals surface area contributed by atoms with Crippen LogP contribution >= 0.6 is 0 Å². The molecule has 0 saturated heterocycles. The number of nitro groups is 1. The lowest BCUT2D eigenvalue weighted by Crippen LogP contribution is -2.14. The highest BCUT2D eigenvalue weighted by Crippen LogP contribution is 2.13. The largest absolute Gasteiger partial charge is 0.458 e. The molecule has 0 radical (unpaired) electrons. The Morgan fingerprint density at radius 2 is 1.95 bits per heavy atom. The number of hydrogen-bond donors (Lipinski definition) is 0. The average molecular weight is 277 g/mol. The van der Waals surface area contributed by atoms with Crippen LogP contribution in [0.2, 0.25) is 0 Å². The van der Waals surface area contributed by atoms with Crippen molar-refractivity contribution in [2.24, 2.45) is 0 Å².